The highest BCUT2D eigenvalue weighted by Crippen LogP contribution is 2.19. The number of hydrazone groups is 1. The van der Waals surface area contributed by atoms with Crippen molar-refractivity contribution >= 4 is 23.2 Å². The van der Waals surface area contributed by atoms with Gasteiger partial charge in [0, 0.05) is 17.7 Å². The summed E-state index contributed by atoms with van der Waals surface area (Å²) in [7, 11) is 0. The number of hydrogen-bond acceptors (Lipinski definition) is 3. The highest BCUT2D eigenvalue weighted by Gasteiger charge is 2.07. The summed E-state index contributed by atoms with van der Waals surface area (Å²) in [5, 5.41) is 7.06. The minimum atomic E-state index is -0.302. The molecular weight excluding hydrogens is 386 g/mol. The summed E-state index contributed by atoms with van der Waals surface area (Å²) in [5.41, 5.74) is 7.68. The fourth-order valence-corrected chi connectivity index (χ4v) is 3.06. The molecule has 2 N–H and O–H groups in total. The van der Waals surface area contributed by atoms with E-state index in [1.54, 1.807) is 24.3 Å². The first-order valence-corrected chi connectivity index (χ1v) is 10.5. The fraction of sp³-hybridized carbons (Fsp3) is 0.192. The Hall–Kier alpha value is -3.73. The predicted octanol–water partition coefficient (Wildman–Crippen LogP) is 5.64. The first kappa shape index (κ1) is 22.0. The van der Waals surface area contributed by atoms with Gasteiger partial charge in [-0.05, 0) is 54.3 Å². The number of carbonyl (C=O) groups excluding carboxylic acids is 2. The van der Waals surface area contributed by atoms with Crippen LogP contribution in [0, 0.1) is 0 Å². The van der Waals surface area contributed by atoms with Gasteiger partial charge in [0.05, 0.1) is 5.71 Å². The third-order valence-corrected chi connectivity index (χ3v) is 4.92. The molecule has 0 heterocycles. The third-order valence-electron chi connectivity index (χ3n) is 4.92. The monoisotopic (exact) mass is 413 g/mol. The Bertz CT molecular complexity index is 1040. The van der Waals surface area contributed by atoms with Gasteiger partial charge in [-0.1, -0.05) is 67.9 Å². The number of nitrogens with zero attached hydrogens (tertiary/aromatic N) is 1. The van der Waals surface area contributed by atoms with Crippen molar-refractivity contribution in [2.45, 2.75) is 33.1 Å². The van der Waals surface area contributed by atoms with Crippen LogP contribution in [0.2, 0.25) is 0 Å². The smallest absolute Gasteiger partial charge is 0.271 e. The molecule has 0 aliphatic heterocycles. The Labute approximate surface area is 183 Å². The Morgan fingerprint density at radius 1 is 0.806 bits per heavy atom. The van der Waals surface area contributed by atoms with Gasteiger partial charge in [0.2, 0.25) is 5.91 Å². The van der Waals surface area contributed by atoms with Crippen LogP contribution in [0.3, 0.4) is 0 Å². The number of amides is 2. The molecule has 0 radical (unpaired) electrons. The number of rotatable bonds is 8. The highest BCUT2D eigenvalue weighted by molar-refractivity contribution is 6.01. The maximum Gasteiger partial charge on any atom is 0.271 e. The number of benzene rings is 3. The molecule has 158 valence electrons. The molecule has 0 saturated heterocycles. The van der Waals surface area contributed by atoms with E-state index < -0.39 is 0 Å². The van der Waals surface area contributed by atoms with Gasteiger partial charge in [0.1, 0.15) is 0 Å². The van der Waals surface area contributed by atoms with E-state index in [2.05, 4.69) is 28.0 Å². The van der Waals surface area contributed by atoms with Crippen molar-refractivity contribution in [1.82, 2.24) is 5.43 Å². The predicted molar refractivity (Wildman–Crippen MR) is 126 cm³/mol. The summed E-state index contributed by atoms with van der Waals surface area (Å²) in [6, 6.07) is 25.0. The largest absolute Gasteiger partial charge is 0.326 e. The average Bonchev–Trinajstić information content (AvgIpc) is 2.82. The van der Waals surface area contributed by atoms with Crippen LogP contribution in [0.1, 0.15) is 49.0 Å². The summed E-state index contributed by atoms with van der Waals surface area (Å²) < 4.78 is 0. The molecule has 5 heteroatoms. The van der Waals surface area contributed by atoms with Gasteiger partial charge in [0.15, 0.2) is 0 Å². The number of unbranched alkanes of at least 4 members (excludes halogenated alkanes) is 1. The quantitative estimate of drug-likeness (QED) is 0.371. The maximum absolute atomic E-state index is 12.4. The summed E-state index contributed by atoms with van der Waals surface area (Å²) in [5.74, 6) is -0.318. The first-order chi connectivity index (χ1) is 15.1. The van der Waals surface area contributed by atoms with Gasteiger partial charge in [-0.25, -0.2) is 5.43 Å². The van der Waals surface area contributed by atoms with Crippen LogP contribution in [0.15, 0.2) is 84.0 Å². The van der Waals surface area contributed by atoms with E-state index >= 15 is 0 Å². The van der Waals surface area contributed by atoms with Crippen LogP contribution in [0.25, 0.3) is 11.1 Å². The molecular formula is C26H27N3O2. The molecule has 0 aromatic heterocycles. The van der Waals surface area contributed by atoms with Crippen LogP contribution < -0.4 is 10.7 Å². The number of carbonyl (C=O) groups is 2. The third kappa shape index (κ3) is 6.37. The van der Waals surface area contributed by atoms with E-state index in [4.69, 9.17) is 0 Å². The van der Waals surface area contributed by atoms with Gasteiger partial charge >= 0.3 is 0 Å². The van der Waals surface area contributed by atoms with E-state index in [1.165, 1.54) is 0 Å². The van der Waals surface area contributed by atoms with Crippen LogP contribution in [-0.4, -0.2) is 17.5 Å². The van der Waals surface area contributed by atoms with Crippen molar-refractivity contribution in [3.8, 4) is 11.1 Å². The maximum atomic E-state index is 12.4. The molecule has 5 nitrogen and oxygen atoms in total. The van der Waals surface area contributed by atoms with Gasteiger partial charge in [-0.15, -0.1) is 0 Å². The van der Waals surface area contributed by atoms with Gasteiger partial charge < -0.3 is 5.32 Å². The Kier molecular flexibility index (Phi) is 7.71. The fourth-order valence-electron chi connectivity index (χ4n) is 3.06. The van der Waals surface area contributed by atoms with Crippen LogP contribution in [0.5, 0.6) is 0 Å². The summed E-state index contributed by atoms with van der Waals surface area (Å²) >= 11 is 0. The van der Waals surface area contributed by atoms with Crippen molar-refractivity contribution in [2.24, 2.45) is 5.10 Å². The molecule has 0 aliphatic rings. The van der Waals surface area contributed by atoms with Crippen molar-refractivity contribution in [2.75, 3.05) is 5.32 Å². The first-order valence-electron chi connectivity index (χ1n) is 10.5. The lowest BCUT2D eigenvalue weighted by atomic mass is 10.0. The molecule has 0 atom stereocenters. The molecule has 0 saturated carbocycles. The van der Waals surface area contributed by atoms with E-state index in [1.807, 2.05) is 56.3 Å². The number of hydrogen-bond donors (Lipinski definition) is 2. The second-order valence-electron chi connectivity index (χ2n) is 7.31. The zero-order valence-electron chi connectivity index (χ0n) is 17.9. The van der Waals surface area contributed by atoms with Crippen molar-refractivity contribution in [1.29, 1.82) is 0 Å². The molecule has 2 amide bonds. The summed E-state index contributed by atoms with van der Waals surface area (Å²) in [4.78, 5) is 24.2. The van der Waals surface area contributed by atoms with Crippen LogP contribution >= 0.6 is 0 Å². The molecule has 0 aliphatic carbocycles. The van der Waals surface area contributed by atoms with Crippen molar-refractivity contribution in [3.63, 3.8) is 0 Å². The minimum Gasteiger partial charge on any atom is -0.326 e. The lowest BCUT2D eigenvalue weighted by molar-refractivity contribution is -0.116. The summed E-state index contributed by atoms with van der Waals surface area (Å²) in [6.45, 7) is 3.90. The van der Waals surface area contributed by atoms with Crippen LogP contribution in [0.4, 0.5) is 5.69 Å². The Morgan fingerprint density at radius 2 is 1.42 bits per heavy atom. The normalized spacial score (nSPS) is 11.1. The lowest BCUT2D eigenvalue weighted by Crippen LogP contribution is -2.19. The van der Waals surface area contributed by atoms with Gasteiger partial charge in [-0.3, -0.25) is 9.59 Å². The molecule has 3 rings (SSSR count). The van der Waals surface area contributed by atoms with E-state index in [0.717, 1.165) is 29.5 Å². The van der Waals surface area contributed by atoms with E-state index in [0.29, 0.717) is 23.4 Å². The van der Waals surface area contributed by atoms with E-state index in [-0.39, 0.29) is 11.8 Å². The lowest BCUT2D eigenvalue weighted by Gasteiger charge is -2.07. The SMILES string of the molecule is CCCCC(=O)Nc1ccc(C(=O)N/N=C(\C)c2ccc(-c3ccccc3)cc2)cc1. The van der Waals surface area contributed by atoms with E-state index in [9.17, 15) is 9.59 Å². The molecule has 31 heavy (non-hydrogen) atoms. The Morgan fingerprint density at radius 3 is 2.06 bits per heavy atom. The number of anilines is 1. The minimum absolute atomic E-state index is 0.0161. The Balaban J connectivity index is 1.58. The second-order valence-corrected chi connectivity index (χ2v) is 7.31. The molecule has 0 bridgehead atoms. The molecule has 3 aromatic rings. The summed E-state index contributed by atoms with van der Waals surface area (Å²) in [6.07, 6.45) is 2.33. The zero-order valence-corrected chi connectivity index (χ0v) is 17.9. The average molecular weight is 414 g/mol. The van der Waals surface area contributed by atoms with Crippen molar-refractivity contribution in [3.05, 3.63) is 90.0 Å². The standard InChI is InChI=1S/C26H27N3O2/c1-3-4-10-25(30)27-24-17-15-23(16-18-24)26(31)29-28-19(2)20-11-13-22(14-12-20)21-8-6-5-7-9-21/h5-9,11-18H,3-4,10H2,1-2H3,(H,27,30)(H,29,31)/b28-19+. The molecule has 0 fully saturated rings. The van der Waals surface area contributed by atoms with Gasteiger partial charge in [-0.2, -0.15) is 5.10 Å². The molecule has 0 spiro atoms. The zero-order chi connectivity index (χ0) is 22.1. The molecule has 0 unspecified atom stereocenters. The topological polar surface area (TPSA) is 70.6 Å². The number of nitrogens with one attached hydrogen (secondary N) is 2. The second kappa shape index (κ2) is 10.9. The van der Waals surface area contributed by atoms with Crippen LogP contribution in [-0.2, 0) is 4.79 Å². The highest BCUT2D eigenvalue weighted by atomic mass is 16.2. The van der Waals surface area contributed by atoms with Gasteiger partial charge in [0.25, 0.3) is 5.91 Å². The van der Waals surface area contributed by atoms with Crippen molar-refractivity contribution < 1.29 is 9.59 Å². The molecule has 3 aromatic carbocycles.